The second kappa shape index (κ2) is 5.87. The highest BCUT2D eigenvalue weighted by Crippen LogP contribution is 2.30. The van der Waals surface area contributed by atoms with Gasteiger partial charge in [0.15, 0.2) is 6.10 Å². The van der Waals surface area contributed by atoms with Crippen molar-refractivity contribution in [3.8, 4) is 0 Å². The lowest BCUT2D eigenvalue weighted by Crippen LogP contribution is -2.24. The summed E-state index contributed by atoms with van der Waals surface area (Å²) in [5.41, 5.74) is 0.518. The predicted molar refractivity (Wildman–Crippen MR) is 65.9 cm³/mol. The molecular weight excluding hydrogens is 319 g/mol. The van der Waals surface area contributed by atoms with Gasteiger partial charge in [-0.1, -0.05) is 39.1 Å². The van der Waals surface area contributed by atoms with Gasteiger partial charge in [-0.2, -0.15) is 0 Å². The van der Waals surface area contributed by atoms with Gasteiger partial charge in [0.05, 0.1) is 7.11 Å². The first-order chi connectivity index (χ1) is 7.45. The van der Waals surface area contributed by atoms with Gasteiger partial charge in [0.1, 0.15) is 0 Å². The molecule has 0 bridgehead atoms. The van der Waals surface area contributed by atoms with E-state index in [1.165, 1.54) is 7.11 Å². The Morgan fingerprint density at radius 3 is 2.44 bits per heavy atom. The molecule has 0 saturated carbocycles. The highest BCUT2D eigenvalue weighted by atomic mass is 79.9. The summed E-state index contributed by atoms with van der Waals surface area (Å²) < 4.78 is 5.14. The summed E-state index contributed by atoms with van der Waals surface area (Å²) in [7, 11) is 1.20. The molecule has 0 aliphatic heterocycles. The highest BCUT2D eigenvalue weighted by Gasteiger charge is 2.19. The Morgan fingerprint density at radius 2 is 2.00 bits per heavy atom. The lowest BCUT2D eigenvalue weighted by molar-refractivity contribution is -0.150. The monoisotopic (exact) mass is 326 g/mol. The molecule has 0 aromatic heterocycles. The van der Waals surface area contributed by atoms with Crippen LogP contribution < -0.4 is 0 Å². The molecule has 0 aliphatic carbocycles. The van der Waals surface area contributed by atoms with Gasteiger partial charge in [-0.15, -0.1) is 0 Å². The number of esters is 1. The number of halogens is 3. The number of carbonyl (C=O) groups is 1. The summed E-state index contributed by atoms with van der Waals surface area (Å²) in [4.78, 5) is 11.0. The van der Waals surface area contributed by atoms with Crippen LogP contribution in [0.4, 0.5) is 0 Å². The second-order valence-corrected chi connectivity index (χ2v) is 4.82. The van der Waals surface area contributed by atoms with Crippen molar-refractivity contribution in [2.24, 2.45) is 0 Å². The maximum Gasteiger partial charge on any atom is 0.335 e. The highest BCUT2D eigenvalue weighted by molar-refractivity contribution is 9.10. The Hall–Kier alpha value is -0.290. The molecule has 1 atom stereocenters. The summed E-state index contributed by atoms with van der Waals surface area (Å²) in [6.07, 6.45) is -1.24. The van der Waals surface area contributed by atoms with Crippen LogP contribution in [0.25, 0.3) is 0 Å². The topological polar surface area (TPSA) is 46.5 Å². The average molecular weight is 328 g/mol. The van der Waals surface area contributed by atoms with Crippen LogP contribution in [-0.4, -0.2) is 24.3 Å². The summed E-state index contributed by atoms with van der Waals surface area (Å²) in [5, 5.41) is 10.3. The molecule has 0 spiro atoms. The maximum atomic E-state index is 11.0. The van der Waals surface area contributed by atoms with Crippen molar-refractivity contribution in [1.82, 2.24) is 0 Å². The zero-order valence-electron chi connectivity index (χ0n) is 8.34. The first-order valence-electron chi connectivity index (χ1n) is 4.35. The molecule has 1 aromatic rings. The summed E-state index contributed by atoms with van der Waals surface area (Å²) in [6, 6.07) is 3.29. The minimum atomic E-state index is -1.26. The lowest BCUT2D eigenvalue weighted by Gasteiger charge is -2.11. The fourth-order valence-electron chi connectivity index (χ4n) is 1.18. The van der Waals surface area contributed by atoms with Crippen LogP contribution in [0.15, 0.2) is 16.6 Å². The molecule has 0 amide bonds. The smallest absolute Gasteiger partial charge is 0.335 e. The van der Waals surface area contributed by atoms with Gasteiger partial charge in [0.2, 0.25) is 0 Å². The van der Waals surface area contributed by atoms with E-state index in [1.54, 1.807) is 12.1 Å². The van der Waals surface area contributed by atoms with E-state index in [0.29, 0.717) is 15.6 Å². The number of aliphatic hydroxyl groups is 1. The first kappa shape index (κ1) is 13.8. The number of rotatable bonds is 3. The molecule has 1 N–H and O–H groups in total. The van der Waals surface area contributed by atoms with Gasteiger partial charge in [0, 0.05) is 20.9 Å². The molecule has 16 heavy (non-hydrogen) atoms. The Kier molecular flexibility index (Phi) is 5.05. The number of aliphatic hydroxyl groups excluding tert-OH is 1. The average Bonchev–Trinajstić information content (AvgIpc) is 2.21. The number of methoxy groups -OCH3 is 1. The maximum absolute atomic E-state index is 11.0. The number of carbonyl (C=O) groups excluding carboxylic acids is 1. The largest absolute Gasteiger partial charge is 0.467 e. The van der Waals surface area contributed by atoms with Crippen LogP contribution in [0.2, 0.25) is 10.0 Å². The third kappa shape index (κ3) is 3.35. The molecule has 0 radical (unpaired) electrons. The van der Waals surface area contributed by atoms with Gasteiger partial charge >= 0.3 is 5.97 Å². The minimum Gasteiger partial charge on any atom is -0.467 e. The Labute approximate surface area is 111 Å². The van der Waals surface area contributed by atoms with Gasteiger partial charge in [-0.05, 0) is 17.7 Å². The van der Waals surface area contributed by atoms with E-state index in [1.807, 2.05) is 0 Å². The molecule has 1 rings (SSSR count). The SMILES string of the molecule is COC(=O)C(O)Cc1c(Cl)cc(Br)cc1Cl. The molecule has 0 fully saturated rings. The summed E-state index contributed by atoms with van der Waals surface area (Å²) in [5.74, 6) is -0.713. The lowest BCUT2D eigenvalue weighted by atomic mass is 10.1. The molecule has 1 unspecified atom stereocenters. The van der Waals surface area contributed by atoms with Gasteiger partial charge < -0.3 is 9.84 Å². The third-order valence-electron chi connectivity index (χ3n) is 1.98. The third-order valence-corrected chi connectivity index (χ3v) is 3.11. The number of ether oxygens (including phenoxy) is 1. The molecule has 0 heterocycles. The van der Waals surface area contributed by atoms with Crippen LogP contribution in [0.3, 0.4) is 0 Å². The van der Waals surface area contributed by atoms with Gasteiger partial charge in [-0.3, -0.25) is 0 Å². The van der Waals surface area contributed by atoms with Gasteiger partial charge in [0.25, 0.3) is 0 Å². The summed E-state index contributed by atoms with van der Waals surface area (Å²) >= 11 is 15.1. The van der Waals surface area contributed by atoms with E-state index < -0.39 is 12.1 Å². The molecule has 0 saturated heterocycles. The van der Waals surface area contributed by atoms with Crippen molar-refractivity contribution in [3.05, 3.63) is 32.2 Å². The van der Waals surface area contributed by atoms with Crippen LogP contribution in [0.5, 0.6) is 0 Å². The minimum absolute atomic E-state index is 0.0254. The van der Waals surface area contributed by atoms with Crippen LogP contribution in [0.1, 0.15) is 5.56 Å². The fourth-order valence-corrected chi connectivity index (χ4v) is 2.54. The van der Waals surface area contributed by atoms with Crippen molar-refractivity contribution in [2.45, 2.75) is 12.5 Å². The Morgan fingerprint density at radius 1 is 1.50 bits per heavy atom. The molecule has 1 aromatic carbocycles. The van der Waals surface area contributed by atoms with E-state index in [-0.39, 0.29) is 6.42 Å². The van der Waals surface area contributed by atoms with Gasteiger partial charge in [-0.25, -0.2) is 4.79 Å². The molecule has 6 heteroatoms. The molecule has 0 aliphatic rings. The number of hydrogen-bond acceptors (Lipinski definition) is 3. The van der Waals surface area contributed by atoms with Crippen LogP contribution in [-0.2, 0) is 16.0 Å². The summed E-state index contributed by atoms with van der Waals surface area (Å²) in [6.45, 7) is 0. The first-order valence-corrected chi connectivity index (χ1v) is 5.90. The normalized spacial score (nSPS) is 12.3. The second-order valence-electron chi connectivity index (χ2n) is 3.09. The van der Waals surface area contributed by atoms with E-state index in [4.69, 9.17) is 23.2 Å². The van der Waals surface area contributed by atoms with Crippen molar-refractivity contribution in [1.29, 1.82) is 0 Å². The zero-order chi connectivity index (χ0) is 12.3. The number of benzene rings is 1. The fraction of sp³-hybridized carbons (Fsp3) is 0.300. The standard InChI is InChI=1S/C10H9BrCl2O3/c1-16-10(15)9(14)4-6-7(12)2-5(11)3-8(6)13/h2-3,9,14H,4H2,1H3. The Balaban J connectivity index is 2.93. The van der Waals surface area contributed by atoms with Crippen molar-refractivity contribution in [3.63, 3.8) is 0 Å². The van der Waals surface area contributed by atoms with E-state index in [0.717, 1.165) is 4.47 Å². The zero-order valence-corrected chi connectivity index (χ0v) is 11.4. The number of hydrogen-bond donors (Lipinski definition) is 1. The van der Waals surface area contributed by atoms with Crippen LogP contribution >= 0.6 is 39.1 Å². The Bertz CT molecular complexity index is 386. The van der Waals surface area contributed by atoms with E-state index >= 15 is 0 Å². The van der Waals surface area contributed by atoms with Crippen molar-refractivity contribution >= 4 is 45.1 Å². The molecule has 88 valence electrons. The molecular formula is C10H9BrCl2O3. The van der Waals surface area contributed by atoms with E-state index in [2.05, 4.69) is 20.7 Å². The van der Waals surface area contributed by atoms with Crippen molar-refractivity contribution < 1.29 is 14.6 Å². The quantitative estimate of drug-likeness (QED) is 0.868. The molecule has 3 nitrogen and oxygen atoms in total. The van der Waals surface area contributed by atoms with Crippen molar-refractivity contribution in [2.75, 3.05) is 7.11 Å². The van der Waals surface area contributed by atoms with E-state index in [9.17, 15) is 9.90 Å². The predicted octanol–water partition coefficient (Wildman–Crippen LogP) is 2.83. The van der Waals surface area contributed by atoms with Crippen LogP contribution in [0, 0.1) is 0 Å².